The molecule has 0 amide bonds. The predicted octanol–water partition coefficient (Wildman–Crippen LogP) is 2.88. The van der Waals surface area contributed by atoms with Gasteiger partial charge < -0.3 is 0 Å². The van der Waals surface area contributed by atoms with Gasteiger partial charge in [-0.15, -0.1) is 0 Å². The zero-order chi connectivity index (χ0) is 15.7. The summed E-state index contributed by atoms with van der Waals surface area (Å²) < 4.78 is 49.2. The van der Waals surface area contributed by atoms with Crippen molar-refractivity contribution in [3.63, 3.8) is 0 Å². The van der Waals surface area contributed by atoms with E-state index in [1.807, 2.05) is 0 Å². The molecule has 0 heterocycles. The molecule has 0 N–H and O–H groups in total. The van der Waals surface area contributed by atoms with Gasteiger partial charge in [0.1, 0.15) is 0 Å². The fourth-order valence-corrected chi connectivity index (χ4v) is 5.40. The van der Waals surface area contributed by atoms with Crippen molar-refractivity contribution in [3.8, 4) is 0 Å². The van der Waals surface area contributed by atoms with Gasteiger partial charge in [0.2, 0.25) is 0 Å². The SMILES string of the molecule is C=C(C)c1ccc(S(=O)(=O)S(=O)(=O)c2ccccc2)cc1. The van der Waals surface area contributed by atoms with Crippen LogP contribution in [0, 0.1) is 0 Å². The lowest BCUT2D eigenvalue weighted by Crippen LogP contribution is -2.16. The predicted molar refractivity (Wildman–Crippen MR) is 82.0 cm³/mol. The van der Waals surface area contributed by atoms with Gasteiger partial charge >= 0.3 is 0 Å². The summed E-state index contributed by atoms with van der Waals surface area (Å²) >= 11 is 0. The molecular weight excluding hydrogens is 308 g/mol. The minimum absolute atomic E-state index is 0.242. The number of rotatable bonds is 4. The molecule has 2 rings (SSSR count). The third kappa shape index (κ3) is 2.77. The Bertz CT molecular complexity index is 863. The first-order valence-corrected chi connectivity index (χ1v) is 9.56. The van der Waals surface area contributed by atoms with Crippen LogP contribution in [0.2, 0.25) is 0 Å². The molecule has 21 heavy (non-hydrogen) atoms. The maximum atomic E-state index is 12.3. The van der Waals surface area contributed by atoms with E-state index in [1.165, 1.54) is 48.5 Å². The second-order valence-electron chi connectivity index (χ2n) is 4.53. The van der Waals surface area contributed by atoms with E-state index in [9.17, 15) is 16.8 Å². The van der Waals surface area contributed by atoms with E-state index in [2.05, 4.69) is 6.58 Å². The number of hydrogen-bond acceptors (Lipinski definition) is 4. The van der Waals surface area contributed by atoms with Crippen LogP contribution >= 0.6 is 0 Å². The molecule has 0 radical (unpaired) electrons. The summed E-state index contributed by atoms with van der Waals surface area (Å²) in [6.45, 7) is 5.53. The van der Waals surface area contributed by atoms with Crippen LogP contribution in [-0.4, -0.2) is 16.8 Å². The molecule has 0 fully saturated rings. The van der Waals surface area contributed by atoms with Crippen molar-refractivity contribution in [2.75, 3.05) is 0 Å². The van der Waals surface area contributed by atoms with Crippen molar-refractivity contribution in [1.82, 2.24) is 0 Å². The fraction of sp³-hybridized carbons (Fsp3) is 0.0667. The highest BCUT2D eigenvalue weighted by Crippen LogP contribution is 2.25. The molecular formula is C15H14O4S2. The van der Waals surface area contributed by atoms with Crippen molar-refractivity contribution < 1.29 is 16.8 Å². The van der Waals surface area contributed by atoms with Gasteiger partial charge in [-0.2, -0.15) is 0 Å². The van der Waals surface area contributed by atoms with Crippen LogP contribution in [0.3, 0.4) is 0 Å². The molecule has 0 saturated heterocycles. The summed E-state index contributed by atoms with van der Waals surface area (Å²) in [6.07, 6.45) is 0. The van der Waals surface area contributed by atoms with Crippen LogP contribution in [0.15, 0.2) is 71.0 Å². The van der Waals surface area contributed by atoms with Gasteiger partial charge in [0.05, 0.1) is 9.79 Å². The first-order valence-electron chi connectivity index (χ1n) is 6.08. The highest BCUT2D eigenvalue weighted by molar-refractivity contribution is 8.67. The third-order valence-electron chi connectivity index (χ3n) is 2.96. The smallest absolute Gasteiger partial charge is 0.207 e. The van der Waals surface area contributed by atoms with E-state index in [4.69, 9.17) is 0 Å². The Labute approximate surface area is 124 Å². The Morgan fingerprint density at radius 2 is 1.19 bits per heavy atom. The summed E-state index contributed by atoms with van der Waals surface area (Å²) in [7, 11) is -8.97. The molecule has 6 heteroatoms. The normalized spacial score (nSPS) is 12.0. The molecule has 0 aliphatic rings. The second kappa shape index (κ2) is 5.46. The zero-order valence-corrected chi connectivity index (χ0v) is 13.0. The summed E-state index contributed by atoms with van der Waals surface area (Å²) in [4.78, 5) is -0.495. The monoisotopic (exact) mass is 322 g/mol. The molecule has 0 saturated carbocycles. The molecule has 2 aromatic carbocycles. The molecule has 0 atom stereocenters. The number of benzene rings is 2. The van der Waals surface area contributed by atoms with E-state index >= 15 is 0 Å². The van der Waals surface area contributed by atoms with Crippen molar-refractivity contribution in [2.24, 2.45) is 0 Å². The summed E-state index contributed by atoms with van der Waals surface area (Å²) in [5.74, 6) is 0. The van der Waals surface area contributed by atoms with Crippen molar-refractivity contribution >= 4 is 23.3 Å². The van der Waals surface area contributed by atoms with Gasteiger partial charge in [-0.25, -0.2) is 16.8 Å². The van der Waals surface area contributed by atoms with Gasteiger partial charge in [0.25, 0.3) is 17.7 Å². The Kier molecular flexibility index (Phi) is 4.02. The standard InChI is InChI=1S/C15H14O4S2/c1-12(2)13-8-10-15(11-9-13)21(18,19)20(16,17)14-6-4-3-5-7-14/h3-11H,1H2,2H3. The van der Waals surface area contributed by atoms with Crippen LogP contribution in [-0.2, 0) is 17.7 Å². The van der Waals surface area contributed by atoms with Crippen LogP contribution in [0.4, 0.5) is 0 Å². The van der Waals surface area contributed by atoms with Crippen LogP contribution in [0.1, 0.15) is 12.5 Å². The van der Waals surface area contributed by atoms with Gasteiger partial charge in [0, 0.05) is 0 Å². The van der Waals surface area contributed by atoms with Crippen molar-refractivity contribution in [2.45, 2.75) is 16.7 Å². The van der Waals surface area contributed by atoms with Crippen molar-refractivity contribution in [1.29, 1.82) is 0 Å². The zero-order valence-electron chi connectivity index (χ0n) is 11.4. The first kappa shape index (κ1) is 15.5. The lowest BCUT2D eigenvalue weighted by atomic mass is 10.1. The topological polar surface area (TPSA) is 68.3 Å². The molecule has 110 valence electrons. The van der Waals surface area contributed by atoms with Gasteiger partial charge in [-0.05, 0) is 36.8 Å². The lowest BCUT2D eigenvalue weighted by molar-refractivity contribution is 0.582. The first-order chi connectivity index (χ1) is 9.76. The lowest BCUT2D eigenvalue weighted by Gasteiger charge is -2.07. The van der Waals surface area contributed by atoms with E-state index in [1.54, 1.807) is 13.0 Å². The fourth-order valence-electron chi connectivity index (χ4n) is 1.75. The number of hydrogen-bond donors (Lipinski definition) is 0. The molecule has 0 aliphatic carbocycles. The number of allylic oxidation sites excluding steroid dienone is 1. The van der Waals surface area contributed by atoms with E-state index < -0.39 is 17.7 Å². The quantitative estimate of drug-likeness (QED) is 0.812. The van der Waals surface area contributed by atoms with Crippen LogP contribution in [0.5, 0.6) is 0 Å². The summed E-state index contributed by atoms with van der Waals surface area (Å²) in [5, 5.41) is 0. The molecule has 0 bridgehead atoms. The molecule has 0 unspecified atom stereocenters. The largest absolute Gasteiger partial charge is 0.286 e. The second-order valence-corrected chi connectivity index (χ2v) is 9.92. The van der Waals surface area contributed by atoms with Crippen LogP contribution < -0.4 is 0 Å². The third-order valence-corrected chi connectivity index (χ3v) is 8.12. The van der Waals surface area contributed by atoms with E-state index in [-0.39, 0.29) is 9.79 Å². The Morgan fingerprint density at radius 1 is 0.762 bits per heavy atom. The minimum atomic E-state index is -4.49. The molecule has 0 aromatic heterocycles. The molecule has 4 nitrogen and oxygen atoms in total. The Morgan fingerprint density at radius 3 is 1.62 bits per heavy atom. The van der Waals surface area contributed by atoms with Gasteiger partial charge in [0.15, 0.2) is 0 Å². The average Bonchev–Trinajstić information content (AvgIpc) is 2.48. The average molecular weight is 322 g/mol. The maximum absolute atomic E-state index is 12.3. The van der Waals surface area contributed by atoms with E-state index in [0.717, 1.165) is 11.1 Å². The van der Waals surface area contributed by atoms with Gasteiger partial charge in [-0.3, -0.25) is 0 Å². The Hall–Kier alpha value is -1.92. The molecule has 0 spiro atoms. The summed E-state index contributed by atoms with van der Waals surface area (Å²) in [5.41, 5.74) is 1.52. The molecule has 2 aromatic rings. The minimum Gasteiger partial charge on any atom is -0.207 e. The Balaban J connectivity index is 2.54. The highest BCUT2D eigenvalue weighted by atomic mass is 33.2. The van der Waals surface area contributed by atoms with Crippen molar-refractivity contribution in [3.05, 3.63) is 66.7 Å². The van der Waals surface area contributed by atoms with Crippen LogP contribution in [0.25, 0.3) is 5.57 Å². The molecule has 0 aliphatic heterocycles. The van der Waals surface area contributed by atoms with Gasteiger partial charge in [-0.1, -0.05) is 42.5 Å². The summed E-state index contributed by atoms with van der Waals surface area (Å²) in [6, 6.07) is 12.7. The maximum Gasteiger partial charge on any atom is 0.286 e. The highest BCUT2D eigenvalue weighted by Gasteiger charge is 2.33. The van der Waals surface area contributed by atoms with E-state index in [0.29, 0.717) is 0 Å².